The van der Waals surface area contributed by atoms with Gasteiger partial charge in [0, 0.05) is 23.3 Å². The minimum atomic E-state index is -4.50. The minimum absolute atomic E-state index is 0.209. The first-order valence-electron chi connectivity index (χ1n) is 6.03. The standard InChI is InChI=1S/C13H8F3N5O/c14-13(15,16)7-1-8(9-5-20-21-10(9)2-7)6-3-18-12(11(17)22)19-4-6/h1-5H,(H2,17,22)(H,20,21). The number of H-pyrrole nitrogens is 1. The van der Waals surface area contributed by atoms with Crippen molar-refractivity contribution in [1.29, 1.82) is 0 Å². The number of nitrogens with zero attached hydrogens (tertiary/aromatic N) is 3. The van der Waals surface area contributed by atoms with Gasteiger partial charge in [-0.2, -0.15) is 18.3 Å². The monoisotopic (exact) mass is 307 g/mol. The van der Waals surface area contributed by atoms with Crippen molar-refractivity contribution >= 4 is 16.8 Å². The molecule has 0 aliphatic carbocycles. The van der Waals surface area contributed by atoms with Crippen LogP contribution < -0.4 is 5.73 Å². The number of primary amides is 1. The molecule has 3 aromatic rings. The third-order valence-electron chi connectivity index (χ3n) is 3.07. The second kappa shape index (κ2) is 4.79. The summed E-state index contributed by atoms with van der Waals surface area (Å²) in [5.41, 5.74) is 5.03. The number of hydrogen-bond acceptors (Lipinski definition) is 4. The largest absolute Gasteiger partial charge is 0.416 e. The van der Waals surface area contributed by atoms with E-state index in [9.17, 15) is 18.0 Å². The Morgan fingerprint density at radius 1 is 1.14 bits per heavy atom. The molecular weight excluding hydrogens is 299 g/mol. The summed E-state index contributed by atoms with van der Waals surface area (Å²) in [6.07, 6.45) is -0.598. The zero-order valence-electron chi connectivity index (χ0n) is 10.8. The van der Waals surface area contributed by atoms with Crippen molar-refractivity contribution in [2.75, 3.05) is 0 Å². The Labute approximate surface area is 121 Å². The Balaban J connectivity index is 2.20. The van der Waals surface area contributed by atoms with E-state index in [1.807, 2.05) is 0 Å². The lowest BCUT2D eigenvalue weighted by atomic mass is 10.0. The quantitative estimate of drug-likeness (QED) is 0.758. The Hall–Kier alpha value is -2.97. The van der Waals surface area contributed by atoms with E-state index in [0.29, 0.717) is 10.9 Å². The first-order valence-corrected chi connectivity index (χ1v) is 6.03. The normalized spacial score (nSPS) is 11.8. The smallest absolute Gasteiger partial charge is 0.363 e. The molecule has 22 heavy (non-hydrogen) atoms. The fourth-order valence-electron chi connectivity index (χ4n) is 2.05. The summed E-state index contributed by atoms with van der Waals surface area (Å²) >= 11 is 0. The third-order valence-corrected chi connectivity index (χ3v) is 3.07. The molecule has 0 atom stereocenters. The molecule has 0 spiro atoms. The summed E-state index contributed by atoms with van der Waals surface area (Å²) in [4.78, 5) is 18.4. The maximum absolute atomic E-state index is 13.0. The first kappa shape index (κ1) is 14.0. The van der Waals surface area contributed by atoms with E-state index in [1.54, 1.807) is 0 Å². The lowest BCUT2D eigenvalue weighted by molar-refractivity contribution is -0.137. The summed E-state index contributed by atoms with van der Waals surface area (Å²) in [6.45, 7) is 0. The summed E-state index contributed by atoms with van der Waals surface area (Å²) in [6, 6.07) is 1.96. The van der Waals surface area contributed by atoms with Crippen LogP contribution in [0, 0.1) is 0 Å². The van der Waals surface area contributed by atoms with E-state index in [2.05, 4.69) is 20.2 Å². The predicted octanol–water partition coefficient (Wildman–Crippen LogP) is 2.14. The van der Waals surface area contributed by atoms with Crippen LogP contribution >= 0.6 is 0 Å². The highest BCUT2D eigenvalue weighted by molar-refractivity contribution is 5.95. The fourth-order valence-corrected chi connectivity index (χ4v) is 2.05. The van der Waals surface area contributed by atoms with Crippen LogP contribution in [0.2, 0.25) is 0 Å². The second-order valence-corrected chi connectivity index (χ2v) is 4.51. The molecule has 3 N–H and O–H groups in total. The molecule has 0 radical (unpaired) electrons. The molecule has 6 nitrogen and oxygen atoms in total. The number of hydrogen-bond donors (Lipinski definition) is 2. The van der Waals surface area contributed by atoms with Crippen LogP contribution in [-0.4, -0.2) is 26.1 Å². The van der Waals surface area contributed by atoms with Crippen LogP contribution in [0.15, 0.2) is 30.7 Å². The zero-order chi connectivity index (χ0) is 15.9. The first-order chi connectivity index (χ1) is 10.4. The van der Waals surface area contributed by atoms with Crippen molar-refractivity contribution in [3.05, 3.63) is 42.1 Å². The molecule has 9 heteroatoms. The number of carbonyl (C=O) groups excluding carboxylic acids is 1. The Kier molecular flexibility index (Phi) is 3.05. The predicted molar refractivity (Wildman–Crippen MR) is 70.6 cm³/mol. The molecule has 0 aliphatic rings. The Bertz CT molecular complexity index is 854. The van der Waals surface area contributed by atoms with Crippen LogP contribution in [0.1, 0.15) is 16.2 Å². The van der Waals surface area contributed by atoms with Gasteiger partial charge in [-0.15, -0.1) is 0 Å². The number of nitrogens with two attached hydrogens (primary N) is 1. The zero-order valence-corrected chi connectivity index (χ0v) is 10.8. The molecule has 0 saturated carbocycles. The maximum atomic E-state index is 13.0. The van der Waals surface area contributed by atoms with Gasteiger partial charge in [-0.1, -0.05) is 0 Å². The van der Waals surface area contributed by atoms with Crippen molar-refractivity contribution in [1.82, 2.24) is 20.2 Å². The van der Waals surface area contributed by atoms with E-state index >= 15 is 0 Å². The van der Waals surface area contributed by atoms with Crippen LogP contribution in [0.3, 0.4) is 0 Å². The average Bonchev–Trinajstić information content (AvgIpc) is 2.93. The van der Waals surface area contributed by atoms with Gasteiger partial charge in [0.1, 0.15) is 0 Å². The van der Waals surface area contributed by atoms with Crippen LogP contribution in [0.5, 0.6) is 0 Å². The highest BCUT2D eigenvalue weighted by Crippen LogP contribution is 2.36. The van der Waals surface area contributed by atoms with Crippen molar-refractivity contribution in [3.8, 4) is 11.1 Å². The summed E-state index contributed by atoms with van der Waals surface area (Å²) in [5, 5.41) is 6.75. The van der Waals surface area contributed by atoms with Gasteiger partial charge in [-0.05, 0) is 17.7 Å². The van der Waals surface area contributed by atoms with Gasteiger partial charge in [-0.3, -0.25) is 9.89 Å². The molecule has 3 rings (SSSR count). The molecule has 112 valence electrons. The Morgan fingerprint density at radius 2 is 1.82 bits per heavy atom. The van der Waals surface area contributed by atoms with Gasteiger partial charge in [0.25, 0.3) is 5.91 Å². The number of aromatic amines is 1. The van der Waals surface area contributed by atoms with E-state index in [1.165, 1.54) is 18.6 Å². The van der Waals surface area contributed by atoms with E-state index in [0.717, 1.165) is 12.1 Å². The number of carbonyl (C=O) groups is 1. The topological polar surface area (TPSA) is 97.6 Å². The van der Waals surface area contributed by atoms with Gasteiger partial charge in [0.15, 0.2) is 0 Å². The molecule has 0 unspecified atom stereocenters. The molecule has 1 amide bonds. The number of benzene rings is 1. The van der Waals surface area contributed by atoms with E-state index in [4.69, 9.17) is 5.73 Å². The fraction of sp³-hybridized carbons (Fsp3) is 0.0769. The van der Waals surface area contributed by atoms with Crippen molar-refractivity contribution in [3.63, 3.8) is 0 Å². The number of alkyl halides is 3. The number of amides is 1. The second-order valence-electron chi connectivity index (χ2n) is 4.51. The van der Waals surface area contributed by atoms with Crippen molar-refractivity contribution < 1.29 is 18.0 Å². The van der Waals surface area contributed by atoms with E-state index in [-0.39, 0.29) is 16.9 Å². The lowest BCUT2D eigenvalue weighted by Gasteiger charge is -2.10. The number of rotatable bonds is 2. The summed E-state index contributed by atoms with van der Waals surface area (Å²) < 4.78 is 38.9. The Morgan fingerprint density at radius 3 is 2.41 bits per heavy atom. The van der Waals surface area contributed by atoms with Gasteiger partial charge in [0.05, 0.1) is 17.3 Å². The van der Waals surface area contributed by atoms with Gasteiger partial charge in [-0.25, -0.2) is 9.97 Å². The number of aromatic nitrogens is 4. The van der Waals surface area contributed by atoms with Crippen LogP contribution in [0.4, 0.5) is 13.2 Å². The number of fused-ring (bicyclic) bond motifs is 1. The molecular formula is C13H8F3N5O. The lowest BCUT2D eigenvalue weighted by Crippen LogP contribution is -2.14. The van der Waals surface area contributed by atoms with Gasteiger partial charge >= 0.3 is 6.18 Å². The molecule has 0 aliphatic heterocycles. The third kappa shape index (κ3) is 2.36. The maximum Gasteiger partial charge on any atom is 0.416 e. The summed E-state index contributed by atoms with van der Waals surface area (Å²) in [5.74, 6) is -1.02. The average molecular weight is 307 g/mol. The summed E-state index contributed by atoms with van der Waals surface area (Å²) in [7, 11) is 0. The van der Waals surface area contributed by atoms with Crippen LogP contribution in [-0.2, 0) is 6.18 Å². The molecule has 1 aromatic carbocycles. The SMILES string of the molecule is NC(=O)c1ncc(-c2cc(C(F)(F)F)cc3[nH]ncc23)cn1. The number of halogens is 3. The highest BCUT2D eigenvalue weighted by Gasteiger charge is 2.31. The number of nitrogens with one attached hydrogen (secondary N) is 1. The molecule has 2 aromatic heterocycles. The van der Waals surface area contributed by atoms with Crippen molar-refractivity contribution in [2.24, 2.45) is 5.73 Å². The van der Waals surface area contributed by atoms with E-state index < -0.39 is 17.6 Å². The minimum Gasteiger partial charge on any atom is -0.363 e. The van der Waals surface area contributed by atoms with Crippen LogP contribution in [0.25, 0.3) is 22.0 Å². The molecule has 0 saturated heterocycles. The molecule has 0 fully saturated rings. The molecule has 0 bridgehead atoms. The van der Waals surface area contributed by atoms with Gasteiger partial charge in [0.2, 0.25) is 5.82 Å². The molecule has 2 heterocycles. The van der Waals surface area contributed by atoms with Crippen molar-refractivity contribution in [2.45, 2.75) is 6.18 Å². The highest BCUT2D eigenvalue weighted by atomic mass is 19.4. The van der Waals surface area contributed by atoms with Gasteiger partial charge < -0.3 is 5.73 Å².